The van der Waals surface area contributed by atoms with Gasteiger partial charge >= 0.3 is 12.1 Å². The number of β-amino-alcohol motifs (C(OH)–C–C–N with tert-alkyl or cyclic N) is 1. The van der Waals surface area contributed by atoms with Gasteiger partial charge in [-0.15, -0.1) is 0 Å². The minimum atomic E-state index is -1.97. The lowest BCUT2D eigenvalue weighted by Crippen LogP contribution is -2.67. The van der Waals surface area contributed by atoms with Crippen LogP contribution in [0.3, 0.4) is 0 Å². The van der Waals surface area contributed by atoms with Crippen LogP contribution in [0.25, 0.3) is 11.1 Å². The summed E-state index contributed by atoms with van der Waals surface area (Å²) in [5.41, 5.74) is 2.51. The van der Waals surface area contributed by atoms with Crippen LogP contribution in [0.4, 0.5) is 10.5 Å². The van der Waals surface area contributed by atoms with Gasteiger partial charge in [-0.2, -0.15) is 0 Å². The van der Waals surface area contributed by atoms with Crippen molar-refractivity contribution < 1.29 is 33.8 Å². The van der Waals surface area contributed by atoms with E-state index in [4.69, 9.17) is 14.3 Å². The molecule has 3 N–H and O–H groups in total. The molecule has 168 valence electrons. The first-order valence-corrected chi connectivity index (χ1v) is 10.3. The molecule has 9 nitrogen and oxygen atoms in total. The molecule has 3 aromatic rings. The monoisotopic (exact) mass is 448 g/mol. The Kier molecular flexibility index (Phi) is 4.90. The lowest BCUT2D eigenvalue weighted by Gasteiger charge is -2.42. The van der Waals surface area contributed by atoms with E-state index in [0.29, 0.717) is 0 Å². The highest BCUT2D eigenvalue weighted by Gasteiger charge is 2.51. The average molecular weight is 448 g/mol. The molecule has 5 rings (SSSR count). The maximum absolute atomic E-state index is 12.6. The highest BCUT2D eigenvalue weighted by molar-refractivity contribution is 6.01. The standard InChI is InChI=1S/C24H20N2O7/c27-21(26-12-24(31,13-26)22(28)29)20-19(9-10-32-20)25-23(30)33-11-18-16-7-3-1-5-14(16)15-6-2-4-8-17(15)18/h1-10,18,31H,11-13H2,(H,25,30)(H,28,29). The molecular formula is C24H20N2O7. The largest absolute Gasteiger partial charge is 0.479 e. The fraction of sp³-hybridized carbons (Fsp3) is 0.208. The zero-order valence-corrected chi connectivity index (χ0v) is 17.4. The van der Waals surface area contributed by atoms with Crippen molar-refractivity contribution in [1.29, 1.82) is 0 Å². The fourth-order valence-corrected chi connectivity index (χ4v) is 4.33. The smallest absolute Gasteiger partial charge is 0.411 e. The average Bonchev–Trinajstić information content (AvgIpc) is 3.37. The Bertz CT molecular complexity index is 1210. The molecule has 0 bridgehead atoms. The quantitative estimate of drug-likeness (QED) is 0.547. The van der Waals surface area contributed by atoms with Gasteiger partial charge in [0.25, 0.3) is 5.91 Å². The summed E-state index contributed by atoms with van der Waals surface area (Å²) < 4.78 is 10.7. The maximum atomic E-state index is 12.6. The Morgan fingerprint density at radius 1 is 1.03 bits per heavy atom. The molecule has 0 radical (unpaired) electrons. The van der Waals surface area contributed by atoms with Crippen LogP contribution >= 0.6 is 0 Å². The number of carboxylic acids is 1. The molecule has 0 saturated carbocycles. The molecule has 0 unspecified atom stereocenters. The van der Waals surface area contributed by atoms with Crippen molar-refractivity contribution in [3.8, 4) is 11.1 Å². The van der Waals surface area contributed by atoms with Crippen LogP contribution in [0, 0.1) is 0 Å². The number of aliphatic carboxylic acids is 1. The van der Waals surface area contributed by atoms with Gasteiger partial charge in [-0.1, -0.05) is 48.5 Å². The van der Waals surface area contributed by atoms with Crippen LogP contribution in [0.5, 0.6) is 0 Å². The molecule has 2 aromatic carbocycles. The first kappa shape index (κ1) is 20.8. The van der Waals surface area contributed by atoms with E-state index in [1.54, 1.807) is 0 Å². The number of furan rings is 1. The molecule has 1 aliphatic heterocycles. The van der Waals surface area contributed by atoms with Gasteiger partial charge in [-0.05, 0) is 22.3 Å². The van der Waals surface area contributed by atoms with E-state index in [1.807, 2.05) is 48.5 Å². The zero-order chi connectivity index (χ0) is 23.2. The maximum Gasteiger partial charge on any atom is 0.411 e. The number of likely N-dealkylation sites (tertiary alicyclic amines) is 1. The number of amides is 2. The molecule has 1 aliphatic carbocycles. The number of hydrogen-bond acceptors (Lipinski definition) is 6. The summed E-state index contributed by atoms with van der Waals surface area (Å²) in [7, 11) is 0. The summed E-state index contributed by atoms with van der Waals surface area (Å²) in [6.45, 7) is -0.628. The summed E-state index contributed by atoms with van der Waals surface area (Å²) in [6.07, 6.45) is 0.480. The number of rotatable bonds is 5. The third-order valence-corrected chi connectivity index (χ3v) is 6.03. The Labute approximate surface area is 188 Å². The number of carbonyl (C=O) groups excluding carboxylic acids is 2. The minimum Gasteiger partial charge on any atom is -0.479 e. The summed E-state index contributed by atoms with van der Waals surface area (Å²) >= 11 is 0. The van der Waals surface area contributed by atoms with Crippen molar-refractivity contribution >= 4 is 23.7 Å². The van der Waals surface area contributed by atoms with Crippen LogP contribution in [-0.4, -0.2) is 58.4 Å². The summed E-state index contributed by atoms with van der Waals surface area (Å²) in [4.78, 5) is 37.2. The summed E-state index contributed by atoms with van der Waals surface area (Å²) in [6, 6.07) is 17.3. The molecule has 9 heteroatoms. The number of ether oxygens (including phenoxy) is 1. The van der Waals surface area contributed by atoms with Gasteiger partial charge in [-0.25, -0.2) is 9.59 Å². The van der Waals surface area contributed by atoms with Gasteiger partial charge < -0.3 is 24.3 Å². The molecular weight excluding hydrogens is 428 g/mol. The first-order valence-electron chi connectivity index (χ1n) is 10.3. The number of nitrogens with one attached hydrogen (secondary N) is 1. The Morgan fingerprint density at radius 2 is 1.64 bits per heavy atom. The molecule has 0 spiro atoms. The molecule has 1 saturated heterocycles. The van der Waals surface area contributed by atoms with Crippen molar-refractivity contribution in [2.24, 2.45) is 0 Å². The predicted octanol–water partition coefficient (Wildman–Crippen LogP) is 2.91. The second-order valence-electron chi connectivity index (χ2n) is 8.11. The molecule has 1 fully saturated rings. The normalized spacial score (nSPS) is 15.8. The van der Waals surface area contributed by atoms with Gasteiger partial charge in [0.1, 0.15) is 6.61 Å². The molecule has 2 heterocycles. The minimum absolute atomic E-state index is 0.1000. The number of nitrogens with zero attached hydrogens (tertiary/aromatic N) is 1. The topological polar surface area (TPSA) is 129 Å². The van der Waals surface area contributed by atoms with Crippen LogP contribution in [0.1, 0.15) is 27.6 Å². The predicted molar refractivity (Wildman–Crippen MR) is 116 cm³/mol. The van der Waals surface area contributed by atoms with Gasteiger partial charge in [0.2, 0.25) is 5.76 Å². The van der Waals surface area contributed by atoms with Crippen LogP contribution in [-0.2, 0) is 9.53 Å². The lowest BCUT2D eigenvalue weighted by molar-refractivity contribution is -0.173. The molecule has 2 amide bonds. The summed E-state index contributed by atoms with van der Waals surface area (Å²) in [5, 5.41) is 21.3. The number of hydrogen-bond donors (Lipinski definition) is 3. The van der Waals surface area contributed by atoms with E-state index in [2.05, 4.69) is 5.32 Å². The number of carboxylic acid groups (broad SMARTS) is 1. The molecule has 2 aliphatic rings. The Morgan fingerprint density at radius 3 is 2.24 bits per heavy atom. The van der Waals surface area contributed by atoms with Crippen LogP contribution in [0.15, 0.2) is 65.3 Å². The lowest BCUT2D eigenvalue weighted by atomic mass is 9.94. The molecule has 33 heavy (non-hydrogen) atoms. The number of fused-ring (bicyclic) bond motifs is 3. The van der Waals surface area contributed by atoms with Crippen molar-refractivity contribution in [3.05, 3.63) is 77.7 Å². The fourth-order valence-electron chi connectivity index (χ4n) is 4.33. The third-order valence-electron chi connectivity index (χ3n) is 6.03. The molecule has 0 atom stereocenters. The van der Waals surface area contributed by atoms with Crippen LogP contribution in [0.2, 0.25) is 0 Å². The van der Waals surface area contributed by atoms with Crippen molar-refractivity contribution in [2.75, 3.05) is 25.0 Å². The van der Waals surface area contributed by atoms with Crippen molar-refractivity contribution in [2.45, 2.75) is 11.5 Å². The second-order valence-corrected chi connectivity index (χ2v) is 8.11. The van der Waals surface area contributed by atoms with E-state index >= 15 is 0 Å². The summed E-state index contributed by atoms with van der Waals surface area (Å²) in [5.74, 6) is -2.32. The van der Waals surface area contributed by atoms with Gasteiger partial charge in [0.15, 0.2) is 5.60 Å². The van der Waals surface area contributed by atoms with E-state index < -0.39 is 23.6 Å². The van der Waals surface area contributed by atoms with E-state index in [0.717, 1.165) is 27.2 Å². The van der Waals surface area contributed by atoms with Crippen molar-refractivity contribution in [1.82, 2.24) is 4.90 Å². The Hall–Kier alpha value is -4.11. The van der Waals surface area contributed by atoms with Gasteiger partial charge in [-0.3, -0.25) is 10.1 Å². The Balaban J connectivity index is 1.24. The van der Waals surface area contributed by atoms with Crippen molar-refractivity contribution in [3.63, 3.8) is 0 Å². The molecule has 1 aromatic heterocycles. The van der Waals surface area contributed by atoms with E-state index in [-0.39, 0.29) is 37.1 Å². The SMILES string of the molecule is O=C(Nc1ccoc1C(=O)N1CC(O)(C(=O)O)C1)OCC1c2ccccc2-c2ccccc21. The highest BCUT2D eigenvalue weighted by Crippen LogP contribution is 2.44. The van der Waals surface area contributed by atoms with Gasteiger partial charge in [0, 0.05) is 12.0 Å². The number of anilines is 1. The van der Waals surface area contributed by atoms with Gasteiger partial charge in [0.05, 0.1) is 25.0 Å². The van der Waals surface area contributed by atoms with E-state index in [9.17, 15) is 19.5 Å². The number of aliphatic hydroxyl groups is 1. The highest BCUT2D eigenvalue weighted by atomic mass is 16.5. The second kappa shape index (κ2) is 7.79. The third kappa shape index (κ3) is 3.52. The number of benzene rings is 2. The van der Waals surface area contributed by atoms with Crippen LogP contribution < -0.4 is 5.32 Å². The first-order chi connectivity index (χ1) is 15.9. The number of carbonyl (C=O) groups is 3. The zero-order valence-electron chi connectivity index (χ0n) is 17.4. The van der Waals surface area contributed by atoms with E-state index in [1.165, 1.54) is 12.3 Å².